The number of likely N-dealkylation sites (N-methyl/N-ethyl adjacent to an activating group) is 2. The van der Waals surface area contributed by atoms with Gasteiger partial charge in [-0.1, -0.05) is 0 Å². The molecule has 70 valence electrons. The summed E-state index contributed by atoms with van der Waals surface area (Å²) in [6.07, 6.45) is 0. The van der Waals surface area contributed by atoms with Crippen molar-refractivity contribution in [2.24, 2.45) is 0 Å². The highest BCUT2D eigenvalue weighted by Gasteiger charge is 2.24. The molecule has 0 aromatic heterocycles. The highest BCUT2D eigenvalue weighted by Crippen LogP contribution is 1.98. The van der Waals surface area contributed by atoms with Crippen LogP contribution in [-0.4, -0.2) is 62.5 Å². The lowest BCUT2D eigenvalue weighted by Gasteiger charge is -2.31. The smallest absolute Gasteiger partial charge is 0.240 e. The van der Waals surface area contributed by atoms with Gasteiger partial charge in [-0.05, 0) is 7.05 Å². The fourth-order valence-corrected chi connectivity index (χ4v) is 1.37. The summed E-state index contributed by atoms with van der Waals surface area (Å²) < 4.78 is 0. The second-order valence-electron chi connectivity index (χ2n) is 3.50. The molecule has 0 aliphatic carbocycles. The summed E-state index contributed by atoms with van der Waals surface area (Å²) in [5.41, 5.74) is 0. The Morgan fingerprint density at radius 3 is 2.75 bits per heavy atom. The lowest BCUT2D eigenvalue weighted by atomic mass is 10.2. The molecule has 0 aromatic carbocycles. The number of amides is 1. The van der Waals surface area contributed by atoms with Gasteiger partial charge in [-0.15, -0.1) is 0 Å². The van der Waals surface area contributed by atoms with E-state index < -0.39 is 0 Å². The fourth-order valence-electron chi connectivity index (χ4n) is 1.37. The first-order valence-electron chi connectivity index (χ1n) is 4.24. The van der Waals surface area contributed by atoms with Crippen LogP contribution < -0.4 is 5.32 Å². The first kappa shape index (κ1) is 9.48. The summed E-state index contributed by atoms with van der Waals surface area (Å²) in [5, 5.41) is 3.20. The molecule has 1 saturated heterocycles. The Bertz CT molecular complexity index is 170. The third kappa shape index (κ3) is 2.19. The van der Waals surface area contributed by atoms with E-state index in [1.165, 1.54) is 0 Å². The number of nitrogens with zero attached hydrogens (tertiary/aromatic N) is 2. The highest BCUT2D eigenvalue weighted by atomic mass is 16.2. The van der Waals surface area contributed by atoms with Crippen molar-refractivity contribution in [1.29, 1.82) is 0 Å². The minimum atomic E-state index is -0.0150. The van der Waals surface area contributed by atoms with Crippen LogP contribution >= 0.6 is 0 Å². The third-order valence-corrected chi connectivity index (χ3v) is 2.12. The van der Waals surface area contributed by atoms with Gasteiger partial charge in [0.2, 0.25) is 5.91 Å². The van der Waals surface area contributed by atoms with Gasteiger partial charge in [0.25, 0.3) is 0 Å². The molecule has 1 fully saturated rings. The summed E-state index contributed by atoms with van der Waals surface area (Å²) >= 11 is 0. The minimum Gasteiger partial charge on any atom is -0.347 e. The summed E-state index contributed by atoms with van der Waals surface area (Å²) in [7, 11) is 5.62. The number of piperazine rings is 1. The second-order valence-corrected chi connectivity index (χ2v) is 3.50. The van der Waals surface area contributed by atoms with Gasteiger partial charge in [0, 0.05) is 33.7 Å². The van der Waals surface area contributed by atoms with E-state index >= 15 is 0 Å². The number of carbonyl (C=O) groups is 1. The van der Waals surface area contributed by atoms with E-state index in [4.69, 9.17) is 0 Å². The zero-order chi connectivity index (χ0) is 9.14. The molecular formula is C8H17N3O. The molecule has 1 aliphatic heterocycles. The average molecular weight is 171 g/mol. The highest BCUT2D eigenvalue weighted by molar-refractivity contribution is 5.81. The Labute approximate surface area is 73.5 Å². The molecule has 0 aromatic rings. The molecule has 4 nitrogen and oxygen atoms in total. The van der Waals surface area contributed by atoms with Crippen LogP contribution in [0.3, 0.4) is 0 Å². The maximum absolute atomic E-state index is 11.5. The van der Waals surface area contributed by atoms with E-state index in [2.05, 4.69) is 10.2 Å². The van der Waals surface area contributed by atoms with Crippen LogP contribution in [0, 0.1) is 0 Å². The van der Waals surface area contributed by atoms with Gasteiger partial charge >= 0.3 is 0 Å². The fraction of sp³-hybridized carbons (Fsp3) is 0.875. The maximum Gasteiger partial charge on any atom is 0.240 e. The van der Waals surface area contributed by atoms with Gasteiger partial charge in [0.1, 0.15) is 0 Å². The van der Waals surface area contributed by atoms with Gasteiger partial charge in [0.15, 0.2) is 0 Å². The van der Waals surface area contributed by atoms with Crippen molar-refractivity contribution < 1.29 is 4.79 Å². The number of rotatable bonds is 1. The minimum absolute atomic E-state index is 0.0150. The van der Waals surface area contributed by atoms with E-state index in [0.29, 0.717) is 0 Å². The van der Waals surface area contributed by atoms with Crippen LogP contribution in [0.25, 0.3) is 0 Å². The molecule has 0 bridgehead atoms. The molecular weight excluding hydrogens is 154 g/mol. The average Bonchev–Trinajstić information content (AvgIpc) is 2.03. The second kappa shape index (κ2) is 3.87. The quantitative estimate of drug-likeness (QED) is 0.548. The van der Waals surface area contributed by atoms with E-state index in [1.807, 2.05) is 7.05 Å². The Morgan fingerprint density at radius 1 is 1.58 bits per heavy atom. The zero-order valence-electron chi connectivity index (χ0n) is 8.00. The molecule has 1 N–H and O–H groups in total. The molecule has 0 unspecified atom stereocenters. The molecule has 1 atom stereocenters. The standard InChI is InChI=1S/C8H17N3O/c1-10(2)8(12)7-6-11(3)5-4-9-7/h7,9H,4-6H2,1-3H3/t7-/m1/s1. The molecule has 0 radical (unpaired) electrons. The molecule has 1 rings (SSSR count). The largest absolute Gasteiger partial charge is 0.347 e. The molecule has 1 aliphatic rings. The van der Waals surface area contributed by atoms with Crippen LogP contribution in [0.15, 0.2) is 0 Å². The van der Waals surface area contributed by atoms with Crippen molar-refractivity contribution >= 4 is 5.91 Å². The number of nitrogens with one attached hydrogen (secondary N) is 1. The zero-order valence-corrected chi connectivity index (χ0v) is 8.00. The molecule has 4 heteroatoms. The maximum atomic E-state index is 11.5. The molecule has 0 spiro atoms. The predicted octanol–water partition coefficient (Wildman–Crippen LogP) is -1.02. The van der Waals surface area contributed by atoms with Crippen molar-refractivity contribution in [2.45, 2.75) is 6.04 Å². The van der Waals surface area contributed by atoms with Crippen molar-refractivity contribution in [3.63, 3.8) is 0 Å². The molecule has 12 heavy (non-hydrogen) atoms. The van der Waals surface area contributed by atoms with Crippen LogP contribution in [0.4, 0.5) is 0 Å². The Morgan fingerprint density at radius 2 is 2.25 bits per heavy atom. The van der Waals surface area contributed by atoms with E-state index in [0.717, 1.165) is 19.6 Å². The lowest BCUT2D eigenvalue weighted by Crippen LogP contribution is -2.55. The van der Waals surface area contributed by atoms with Crippen molar-refractivity contribution in [1.82, 2.24) is 15.1 Å². The van der Waals surface area contributed by atoms with Gasteiger partial charge < -0.3 is 15.1 Å². The van der Waals surface area contributed by atoms with E-state index in [-0.39, 0.29) is 11.9 Å². The van der Waals surface area contributed by atoms with Crippen LogP contribution in [-0.2, 0) is 4.79 Å². The monoisotopic (exact) mass is 171 g/mol. The van der Waals surface area contributed by atoms with Crippen LogP contribution in [0.1, 0.15) is 0 Å². The summed E-state index contributed by atoms with van der Waals surface area (Å²) in [5.74, 6) is 0.168. The van der Waals surface area contributed by atoms with Crippen LogP contribution in [0.2, 0.25) is 0 Å². The van der Waals surface area contributed by atoms with Gasteiger partial charge in [-0.2, -0.15) is 0 Å². The molecule has 0 saturated carbocycles. The van der Waals surface area contributed by atoms with Gasteiger partial charge in [0.05, 0.1) is 6.04 Å². The van der Waals surface area contributed by atoms with Crippen molar-refractivity contribution in [2.75, 3.05) is 40.8 Å². The Balaban J connectivity index is 2.46. The topological polar surface area (TPSA) is 35.6 Å². The summed E-state index contributed by atoms with van der Waals surface area (Å²) in [6.45, 7) is 2.75. The first-order valence-corrected chi connectivity index (χ1v) is 4.24. The van der Waals surface area contributed by atoms with Crippen molar-refractivity contribution in [3.8, 4) is 0 Å². The normalized spacial score (nSPS) is 25.4. The van der Waals surface area contributed by atoms with Crippen LogP contribution in [0.5, 0.6) is 0 Å². The number of carbonyl (C=O) groups excluding carboxylic acids is 1. The molecule has 1 heterocycles. The SMILES string of the molecule is CN1CCN[C@@H](C(=O)N(C)C)C1. The third-order valence-electron chi connectivity index (χ3n) is 2.12. The predicted molar refractivity (Wildman–Crippen MR) is 48.0 cm³/mol. The first-order chi connectivity index (χ1) is 5.61. The Kier molecular flexibility index (Phi) is 3.05. The van der Waals surface area contributed by atoms with E-state index in [1.54, 1.807) is 19.0 Å². The summed E-state index contributed by atoms with van der Waals surface area (Å²) in [6, 6.07) is -0.0150. The van der Waals surface area contributed by atoms with E-state index in [9.17, 15) is 4.79 Å². The lowest BCUT2D eigenvalue weighted by molar-refractivity contribution is -0.131. The number of hydrogen-bond donors (Lipinski definition) is 1. The number of hydrogen-bond acceptors (Lipinski definition) is 3. The van der Waals surface area contributed by atoms with Gasteiger partial charge in [-0.25, -0.2) is 0 Å². The molecule has 1 amide bonds. The summed E-state index contributed by atoms with van der Waals surface area (Å²) in [4.78, 5) is 15.3. The Hall–Kier alpha value is -0.610. The van der Waals surface area contributed by atoms with Gasteiger partial charge in [-0.3, -0.25) is 4.79 Å². The van der Waals surface area contributed by atoms with Crippen molar-refractivity contribution in [3.05, 3.63) is 0 Å².